The molecule has 0 aliphatic heterocycles. The highest BCUT2D eigenvalue weighted by atomic mass is 16.1. The van der Waals surface area contributed by atoms with Gasteiger partial charge in [-0.05, 0) is 23.6 Å². The predicted octanol–water partition coefficient (Wildman–Crippen LogP) is 4.90. The molecule has 0 spiro atoms. The third-order valence-electron chi connectivity index (χ3n) is 5.02. The number of carbonyl (C=O) groups is 1. The van der Waals surface area contributed by atoms with Crippen LogP contribution < -0.4 is 5.32 Å². The van der Waals surface area contributed by atoms with Gasteiger partial charge >= 0.3 is 0 Å². The van der Waals surface area contributed by atoms with Gasteiger partial charge in [-0.2, -0.15) is 0 Å². The Hall–Kier alpha value is -3.79. The van der Waals surface area contributed by atoms with Crippen LogP contribution in [0.3, 0.4) is 0 Å². The molecule has 0 saturated carbocycles. The second-order valence-corrected chi connectivity index (χ2v) is 7.18. The normalized spacial score (nSPS) is 10.7. The molecular weight excluding hydrogens is 370 g/mol. The van der Waals surface area contributed by atoms with Crippen LogP contribution in [0.5, 0.6) is 0 Å². The van der Waals surface area contributed by atoms with E-state index in [0.29, 0.717) is 23.5 Å². The molecule has 0 aliphatic rings. The second kappa shape index (κ2) is 9.14. The number of hydrogen-bond donors (Lipinski definition) is 1. The van der Waals surface area contributed by atoms with Gasteiger partial charge in [0.05, 0.1) is 17.3 Å². The highest BCUT2D eigenvalue weighted by Crippen LogP contribution is 2.22. The summed E-state index contributed by atoms with van der Waals surface area (Å²) in [6.45, 7) is 1.85. The zero-order valence-corrected chi connectivity index (χ0v) is 16.8. The van der Waals surface area contributed by atoms with Gasteiger partial charge in [0.1, 0.15) is 5.82 Å². The number of amides is 1. The van der Waals surface area contributed by atoms with Gasteiger partial charge in [0, 0.05) is 12.6 Å². The maximum absolute atomic E-state index is 13.1. The van der Waals surface area contributed by atoms with Crippen LogP contribution in [0.2, 0.25) is 0 Å². The first kappa shape index (κ1) is 19.5. The first-order valence-electron chi connectivity index (χ1n) is 9.98. The lowest BCUT2D eigenvalue weighted by Gasteiger charge is -2.20. The topological polar surface area (TPSA) is 54.9 Å². The molecule has 1 heterocycles. The van der Waals surface area contributed by atoms with Crippen molar-refractivity contribution in [2.24, 2.45) is 0 Å². The SMILES string of the molecule is Cc1nc(Cc2ccccc2)ncc1C(=O)NC(c1ccccc1)c1ccccc1. The summed E-state index contributed by atoms with van der Waals surface area (Å²) in [5.74, 6) is 0.523. The fourth-order valence-corrected chi connectivity index (χ4v) is 3.46. The fourth-order valence-electron chi connectivity index (χ4n) is 3.46. The number of aryl methyl sites for hydroxylation is 1. The zero-order chi connectivity index (χ0) is 20.8. The van der Waals surface area contributed by atoms with E-state index in [-0.39, 0.29) is 11.9 Å². The largest absolute Gasteiger partial charge is 0.341 e. The molecule has 148 valence electrons. The summed E-state index contributed by atoms with van der Waals surface area (Å²) < 4.78 is 0. The summed E-state index contributed by atoms with van der Waals surface area (Å²) in [7, 11) is 0. The number of nitrogens with one attached hydrogen (secondary N) is 1. The Kier molecular flexibility index (Phi) is 5.95. The van der Waals surface area contributed by atoms with Gasteiger partial charge in [0.2, 0.25) is 0 Å². The minimum atomic E-state index is -0.247. The lowest BCUT2D eigenvalue weighted by atomic mass is 9.98. The number of hydrogen-bond acceptors (Lipinski definition) is 3. The monoisotopic (exact) mass is 393 g/mol. The van der Waals surface area contributed by atoms with Crippen LogP contribution in [0.25, 0.3) is 0 Å². The number of nitrogens with zero attached hydrogens (tertiary/aromatic N) is 2. The van der Waals surface area contributed by atoms with Crippen LogP contribution >= 0.6 is 0 Å². The number of benzene rings is 3. The van der Waals surface area contributed by atoms with Crippen LogP contribution in [0, 0.1) is 6.92 Å². The van der Waals surface area contributed by atoms with Gasteiger partial charge in [0.25, 0.3) is 5.91 Å². The smallest absolute Gasteiger partial charge is 0.255 e. The van der Waals surface area contributed by atoms with E-state index in [1.165, 1.54) is 0 Å². The molecule has 0 radical (unpaired) electrons. The Morgan fingerprint density at radius 1 is 0.833 bits per heavy atom. The zero-order valence-electron chi connectivity index (χ0n) is 16.8. The first-order chi connectivity index (χ1) is 14.7. The van der Waals surface area contributed by atoms with Crippen molar-refractivity contribution in [3.05, 3.63) is 131 Å². The Morgan fingerprint density at radius 3 is 1.90 bits per heavy atom. The molecule has 0 bridgehead atoms. The molecule has 30 heavy (non-hydrogen) atoms. The van der Waals surface area contributed by atoms with Crippen molar-refractivity contribution < 1.29 is 4.79 Å². The van der Waals surface area contributed by atoms with Crippen molar-refractivity contribution in [3.8, 4) is 0 Å². The third-order valence-corrected chi connectivity index (χ3v) is 5.02. The van der Waals surface area contributed by atoms with Crippen LogP contribution in [0.15, 0.2) is 97.2 Å². The molecule has 0 atom stereocenters. The standard InChI is InChI=1S/C26H23N3O/c1-19-23(18-27-24(28-19)17-20-11-5-2-6-12-20)26(30)29-25(21-13-7-3-8-14-21)22-15-9-4-10-16-22/h2-16,18,25H,17H2,1H3,(H,29,30). The molecule has 4 rings (SSSR count). The molecule has 4 nitrogen and oxygen atoms in total. The summed E-state index contributed by atoms with van der Waals surface area (Å²) >= 11 is 0. The lowest BCUT2D eigenvalue weighted by Crippen LogP contribution is -2.30. The molecule has 1 aromatic heterocycles. The maximum Gasteiger partial charge on any atom is 0.255 e. The minimum Gasteiger partial charge on any atom is -0.341 e. The van der Waals surface area contributed by atoms with Crippen molar-refractivity contribution in [3.63, 3.8) is 0 Å². The second-order valence-electron chi connectivity index (χ2n) is 7.18. The van der Waals surface area contributed by atoms with E-state index in [0.717, 1.165) is 16.7 Å². The van der Waals surface area contributed by atoms with Gasteiger partial charge in [-0.25, -0.2) is 9.97 Å². The van der Waals surface area contributed by atoms with E-state index in [2.05, 4.69) is 15.3 Å². The summed E-state index contributed by atoms with van der Waals surface area (Å²) in [5.41, 5.74) is 4.35. The van der Waals surface area contributed by atoms with Crippen molar-refractivity contribution >= 4 is 5.91 Å². The van der Waals surface area contributed by atoms with Crippen molar-refractivity contribution in [1.29, 1.82) is 0 Å². The molecule has 0 saturated heterocycles. The Labute approximate surface area is 176 Å². The molecule has 0 unspecified atom stereocenters. The Bertz CT molecular complexity index is 1070. The summed E-state index contributed by atoms with van der Waals surface area (Å²) in [6, 6.07) is 29.7. The maximum atomic E-state index is 13.1. The molecule has 4 heteroatoms. The molecule has 1 N–H and O–H groups in total. The van der Waals surface area contributed by atoms with E-state index in [1.54, 1.807) is 6.20 Å². The van der Waals surface area contributed by atoms with Crippen LogP contribution in [0.4, 0.5) is 0 Å². The van der Waals surface area contributed by atoms with E-state index < -0.39 is 0 Å². The Morgan fingerprint density at radius 2 is 1.37 bits per heavy atom. The summed E-state index contributed by atoms with van der Waals surface area (Å²) in [5, 5.41) is 3.16. The summed E-state index contributed by atoms with van der Waals surface area (Å²) in [6.07, 6.45) is 2.27. The molecule has 1 amide bonds. The van der Waals surface area contributed by atoms with E-state index in [9.17, 15) is 4.79 Å². The van der Waals surface area contributed by atoms with Gasteiger partial charge in [0.15, 0.2) is 0 Å². The molecule has 3 aromatic carbocycles. The molecule has 0 fully saturated rings. The quantitative estimate of drug-likeness (QED) is 0.507. The minimum absolute atomic E-state index is 0.184. The van der Waals surface area contributed by atoms with E-state index in [4.69, 9.17) is 0 Å². The van der Waals surface area contributed by atoms with Crippen molar-refractivity contribution in [1.82, 2.24) is 15.3 Å². The molecular formula is C26H23N3O. The average Bonchev–Trinajstić information content (AvgIpc) is 2.79. The Balaban J connectivity index is 1.57. The van der Waals surface area contributed by atoms with Crippen LogP contribution in [-0.2, 0) is 6.42 Å². The lowest BCUT2D eigenvalue weighted by molar-refractivity contribution is 0.0941. The van der Waals surface area contributed by atoms with Crippen molar-refractivity contribution in [2.75, 3.05) is 0 Å². The van der Waals surface area contributed by atoms with Gasteiger partial charge < -0.3 is 5.32 Å². The average molecular weight is 393 g/mol. The highest BCUT2D eigenvalue weighted by Gasteiger charge is 2.19. The number of carbonyl (C=O) groups excluding carboxylic acids is 1. The highest BCUT2D eigenvalue weighted by molar-refractivity contribution is 5.95. The molecule has 0 aliphatic carbocycles. The van der Waals surface area contributed by atoms with Gasteiger partial charge in [-0.1, -0.05) is 91.0 Å². The van der Waals surface area contributed by atoms with E-state index >= 15 is 0 Å². The summed E-state index contributed by atoms with van der Waals surface area (Å²) in [4.78, 5) is 22.1. The van der Waals surface area contributed by atoms with Crippen molar-refractivity contribution in [2.45, 2.75) is 19.4 Å². The number of aromatic nitrogens is 2. The fraction of sp³-hybridized carbons (Fsp3) is 0.115. The van der Waals surface area contributed by atoms with Gasteiger partial charge in [-0.15, -0.1) is 0 Å². The molecule has 4 aromatic rings. The van der Waals surface area contributed by atoms with E-state index in [1.807, 2.05) is 97.9 Å². The van der Waals surface area contributed by atoms with Gasteiger partial charge in [-0.3, -0.25) is 4.79 Å². The predicted molar refractivity (Wildman–Crippen MR) is 118 cm³/mol. The van der Waals surface area contributed by atoms with Crippen LogP contribution in [-0.4, -0.2) is 15.9 Å². The van der Waals surface area contributed by atoms with Crippen LogP contribution in [0.1, 0.15) is 44.6 Å². The number of rotatable bonds is 6. The first-order valence-corrected chi connectivity index (χ1v) is 9.98. The third kappa shape index (κ3) is 4.61.